The van der Waals surface area contributed by atoms with Crippen molar-refractivity contribution in [3.05, 3.63) is 71.0 Å². The first-order valence-electron chi connectivity index (χ1n) is 7.80. The van der Waals surface area contributed by atoms with Gasteiger partial charge in [-0.3, -0.25) is 0 Å². The third-order valence-electron chi connectivity index (χ3n) is 3.77. The Hall–Kier alpha value is -1.71. The van der Waals surface area contributed by atoms with Gasteiger partial charge in [0.15, 0.2) is 0 Å². The van der Waals surface area contributed by atoms with Crippen LogP contribution < -0.4 is 5.32 Å². The molecule has 1 unspecified atom stereocenters. The Labute approximate surface area is 133 Å². The number of hydrogen-bond donors (Lipinski definition) is 1. The highest BCUT2D eigenvalue weighted by Gasteiger charge is 2.12. The lowest BCUT2D eigenvalue weighted by molar-refractivity contribution is 0.340. The van der Waals surface area contributed by atoms with Crippen molar-refractivity contribution in [2.75, 3.05) is 20.6 Å². The summed E-state index contributed by atoms with van der Waals surface area (Å²) in [6.07, 6.45) is 1.05. The molecule has 1 N–H and O–H groups in total. The molecule has 3 heteroatoms. The largest absolute Gasteiger partial charge is 0.308 e. The highest BCUT2D eigenvalue weighted by atomic mass is 19.1. The van der Waals surface area contributed by atoms with E-state index in [-0.39, 0.29) is 11.9 Å². The maximum Gasteiger partial charge on any atom is 0.123 e. The van der Waals surface area contributed by atoms with Crippen molar-refractivity contribution in [1.29, 1.82) is 0 Å². The van der Waals surface area contributed by atoms with Gasteiger partial charge < -0.3 is 10.2 Å². The van der Waals surface area contributed by atoms with E-state index in [0.29, 0.717) is 0 Å². The summed E-state index contributed by atoms with van der Waals surface area (Å²) in [7, 11) is 4.10. The maximum absolute atomic E-state index is 13.1. The summed E-state index contributed by atoms with van der Waals surface area (Å²) < 4.78 is 13.1. The van der Waals surface area contributed by atoms with Crippen LogP contribution in [0.1, 0.15) is 29.7 Å². The van der Waals surface area contributed by atoms with Crippen molar-refractivity contribution < 1.29 is 4.39 Å². The van der Waals surface area contributed by atoms with Crippen LogP contribution in [0.4, 0.5) is 4.39 Å². The van der Waals surface area contributed by atoms with Crippen molar-refractivity contribution in [1.82, 2.24) is 10.2 Å². The summed E-state index contributed by atoms with van der Waals surface area (Å²) in [5, 5.41) is 3.59. The summed E-state index contributed by atoms with van der Waals surface area (Å²) in [5.74, 6) is -0.192. The third kappa shape index (κ3) is 4.93. The molecule has 2 nitrogen and oxygen atoms in total. The topological polar surface area (TPSA) is 15.3 Å². The Morgan fingerprint density at radius 1 is 1.05 bits per heavy atom. The van der Waals surface area contributed by atoms with Crippen molar-refractivity contribution in [2.24, 2.45) is 0 Å². The molecule has 0 spiro atoms. The standard InChI is InChI=1S/C19H25FN2/c1-4-15-6-5-7-16(12-15)13-21-19(14-22(2)3)17-8-10-18(20)11-9-17/h5-12,19,21H,4,13-14H2,1-3H3. The van der Waals surface area contributed by atoms with Gasteiger partial charge >= 0.3 is 0 Å². The molecule has 2 rings (SSSR count). The van der Waals surface area contributed by atoms with E-state index in [1.165, 1.54) is 23.3 Å². The van der Waals surface area contributed by atoms with E-state index in [2.05, 4.69) is 55.5 Å². The molecule has 0 aliphatic carbocycles. The highest BCUT2D eigenvalue weighted by molar-refractivity contribution is 5.24. The van der Waals surface area contributed by atoms with Gasteiger partial charge in [-0.2, -0.15) is 0 Å². The van der Waals surface area contributed by atoms with Gasteiger partial charge in [0.2, 0.25) is 0 Å². The van der Waals surface area contributed by atoms with E-state index in [9.17, 15) is 4.39 Å². The summed E-state index contributed by atoms with van der Waals surface area (Å²) in [4.78, 5) is 2.14. The summed E-state index contributed by atoms with van der Waals surface area (Å²) in [6.45, 7) is 3.85. The van der Waals surface area contributed by atoms with Gasteiger partial charge in [0.1, 0.15) is 5.82 Å². The van der Waals surface area contributed by atoms with Gasteiger partial charge in [0, 0.05) is 19.1 Å². The van der Waals surface area contributed by atoms with Crippen LogP contribution in [0.5, 0.6) is 0 Å². The molecule has 0 saturated carbocycles. The van der Waals surface area contributed by atoms with E-state index >= 15 is 0 Å². The molecule has 1 atom stereocenters. The van der Waals surface area contributed by atoms with Gasteiger partial charge in [-0.25, -0.2) is 4.39 Å². The van der Waals surface area contributed by atoms with Crippen molar-refractivity contribution in [3.63, 3.8) is 0 Å². The Balaban J connectivity index is 2.07. The lowest BCUT2D eigenvalue weighted by Crippen LogP contribution is -2.31. The first-order chi connectivity index (χ1) is 10.6. The van der Waals surface area contributed by atoms with Crippen LogP contribution in [0, 0.1) is 5.82 Å². The Kier molecular flexibility index (Phi) is 6.10. The number of aryl methyl sites for hydroxylation is 1. The molecule has 22 heavy (non-hydrogen) atoms. The molecule has 0 aromatic heterocycles. The number of hydrogen-bond acceptors (Lipinski definition) is 2. The number of nitrogens with zero attached hydrogens (tertiary/aromatic N) is 1. The first-order valence-corrected chi connectivity index (χ1v) is 7.80. The Morgan fingerprint density at radius 3 is 2.36 bits per heavy atom. The third-order valence-corrected chi connectivity index (χ3v) is 3.77. The number of benzene rings is 2. The van der Waals surface area contributed by atoms with Crippen LogP contribution in [0.25, 0.3) is 0 Å². The van der Waals surface area contributed by atoms with Crippen LogP contribution in [0.3, 0.4) is 0 Å². The van der Waals surface area contributed by atoms with Crippen molar-refractivity contribution in [2.45, 2.75) is 25.9 Å². The van der Waals surface area contributed by atoms with Gasteiger partial charge in [0.25, 0.3) is 0 Å². The lowest BCUT2D eigenvalue weighted by Gasteiger charge is -2.23. The van der Waals surface area contributed by atoms with Crippen LogP contribution in [-0.4, -0.2) is 25.5 Å². The minimum Gasteiger partial charge on any atom is -0.308 e. The average molecular weight is 300 g/mol. The van der Waals surface area contributed by atoms with E-state index in [4.69, 9.17) is 0 Å². The lowest BCUT2D eigenvalue weighted by atomic mass is 10.0. The zero-order valence-electron chi connectivity index (χ0n) is 13.6. The summed E-state index contributed by atoms with van der Waals surface area (Å²) in [5.41, 5.74) is 3.75. The second-order valence-electron chi connectivity index (χ2n) is 5.92. The van der Waals surface area contributed by atoms with Crippen molar-refractivity contribution in [3.8, 4) is 0 Å². The molecule has 0 aliphatic heterocycles. The van der Waals surface area contributed by atoms with Gasteiger partial charge in [0.05, 0.1) is 0 Å². The molecule has 2 aromatic carbocycles. The molecular formula is C19H25FN2. The molecule has 0 fully saturated rings. The zero-order chi connectivity index (χ0) is 15.9. The summed E-state index contributed by atoms with van der Waals surface area (Å²) >= 11 is 0. The number of likely N-dealkylation sites (N-methyl/N-ethyl adjacent to an activating group) is 1. The molecule has 0 heterocycles. The molecule has 2 aromatic rings. The highest BCUT2D eigenvalue weighted by Crippen LogP contribution is 2.16. The number of nitrogens with one attached hydrogen (secondary N) is 1. The molecule has 0 saturated heterocycles. The fourth-order valence-electron chi connectivity index (χ4n) is 2.55. The maximum atomic E-state index is 13.1. The predicted molar refractivity (Wildman–Crippen MR) is 90.4 cm³/mol. The first kappa shape index (κ1) is 16.7. The molecular weight excluding hydrogens is 275 g/mol. The monoisotopic (exact) mass is 300 g/mol. The average Bonchev–Trinajstić information content (AvgIpc) is 2.52. The SMILES string of the molecule is CCc1cccc(CNC(CN(C)C)c2ccc(F)cc2)c1. The molecule has 0 amide bonds. The van der Waals surface area contributed by atoms with Crippen LogP contribution >= 0.6 is 0 Å². The van der Waals surface area contributed by atoms with E-state index in [1.54, 1.807) is 0 Å². The second-order valence-corrected chi connectivity index (χ2v) is 5.92. The number of rotatable bonds is 7. The minimum absolute atomic E-state index is 0.181. The molecule has 0 radical (unpaired) electrons. The minimum atomic E-state index is -0.192. The van der Waals surface area contributed by atoms with Crippen LogP contribution in [0.15, 0.2) is 48.5 Å². The zero-order valence-corrected chi connectivity index (χ0v) is 13.6. The molecule has 0 bridgehead atoms. The molecule has 0 aliphatic rings. The van der Waals surface area contributed by atoms with Gasteiger partial charge in [-0.15, -0.1) is 0 Å². The van der Waals surface area contributed by atoms with Gasteiger partial charge in [-0.05, 0) is 49.3 Å². The van der Waals surface area contributed by atoms with E-state index in [0.717, 1.165) is 25.1 Å². The van der Waals surface area contributed by atoms with Gasteiger partial charge in [-0.1, -0.05) is 43.3 Å². The van der Waals surface area contributed by atoms with Crippen LogP contribution in [-0.2, 0) is 13.0 Å². The summed E-state index contributed by atoms with van der Waals surface area (Å²) in [6, 6.07) is 15.6. The smallest absolute Gasteiger partial charge is 0.123 e. The van der Waals surface area contributed by atoms with E-state index in [1.807, 2.05) is 12.1 Å². The molecule has 118 valence electrons. The van der Waals surface area contributed by atoms with E-state index < -0.39 is 0 Å². The Bertz CT molecular complexity index is 578. The fraction of sp³-hybridized carbons (Fsp3) is 0.368. The van der Waals surface area contributed by atoms with Crippen molar-refractivity contribution >= 4 is 0 Å². The number of halogens is 1. The normalized spacial score (nSPS) is 12.6. The quantitative estimate of drug-likeness (QED) is 0.837. The second kappa shape index (κ2) is 8.06. The van der Waals surface area contributed by atoms with Crippen LogP contribution in [0.2, 0.25) is 0 Å². The predicted octanol–water partition coefficient (Wildman–Crippen LogP) is 3.78. The fourth-order valence-corrected chi connectivity index (χ4v) is 2.55. The Morgan fingerprint density at radius 2 is 1.73 bits per heavy atom.